The highest BCUT2D eigenvalue weighted by Crippen LogP contribution is 2.34. The van der Waals surface area contributed by atoms with Crippen molar-refractivity contribution in [2.75, 3.05) is 5.73 Å². The van der Waals surface area contributed by atoms with E-state index in [1.807, 2.05) is 4.57 Å². The van der Waals surface area contributed by atoms with Gasteiger partial charge in [0.2, 0.25) is 0 Å². The first-order chi connectivity index (χ1) is 9.95. The lowest BCUT2D eigenvalue weighted by molar-refractivity contribution is 0.588. The molecule has 0 saturated heterocycles. The second-order valence-corrected chi connectivity index (χ2v) is 5.90. The molecule has 0 saturated carbocycles. The maximum Gasteiger partial charge on any atom is 0.131 e. The summed E-state index contributed by atoms with van der Waals surface area (Å²) in [6.07, 6.45) is 2.12. The molecule has 0 bridgehead atoms. The zero-order valence-electron chi connectivity index (χ0n) is 12.7. The molecule has 5 heteroatoms. The van der Waals surface area contributed by atoms with Crippen molar-refractivity contribution in [2.45, 2.75) is 46.1 Å². The topological polar surface area (TPSA) is 43.8 Å². The van der Waals surface area contributed by atoms with Crippen LogP contribution in [0, 0.1) is 5.82 Å². The number of hydrogen-bond acceptors (Lipinski definition) is 2. The number of nitrogen functional groups attached to an aromatic ring is 1. The van der Waals surface area contributed by atoms with Gasteiger partial charge in [-0.15, -0.1) is 0 Å². The van der Waals surface area contributed by atoms with Crippen molar-refractivity contribution in [3.8, 4) is 11.3 Å². The van der Waals surface area contributed by atoms with E-state index in [2.05, 4.69) is 25.8 Å². The molecule has 3 nitrogen and oxygen atoms in total. The Bertz CT molecular complexity index is 635. The van der Waals surface area contributed by atoms with Crippen molar-refractivity contribution in [2.24, 2.45) is 0 Å². The highest BCUT2D eigenvalue weighted by Gasteiger charge is 2.19. The van der Waals surface area contributed by atoms with Crippen LogP contribution < -0.4 is 5.73 Å². The average molecular weight is 310 g/mol. The van der Waals surface area contributed by atoms with E-state index >= 15 is 0 Å². The van der Waals surface area contributed by atoms with Gasteiger partial charge in [-0.05, 0) is 24.6 Å². The molecule has 0 amide bonds. The number of aromatic nitrogens is 2. The van der Waals surface area contributed by atoms with Gasteiger partial charge in [0.15, 0.2) is 0 Å². The smallest absolute Gasteiger partial charge is 0.131 e. The predicted octanol–water partition coefficient (Wildman–Crippen LogP) is 4.85. The Morgan fingerprint density at radius 2 is 2.10 bits per heavy atom. The summed E-state index contributed by atoms with van der Waals surface area (Å²) in [6.45, 7) is 7.14. The molecule has 0 atom stereocenters. The second-order valence-electron chi connectivity index (χ2n) is 5.49. The van der Waals surface area contributed by atoms with E-state index in [0.717, 1.165) is 25.2 Å². The van der Waals surface area contributed by atoms with Gasteiger partial charge in [-0.2, -0.15) is 0 Å². The molecular weight excluding hydrogens is 289 g/mol. The summed E-state index contributed by atoms with van der Waals surface area (Å²) in [4.78, 5) is 4.65. The molecule has 0 radical (unpaired) electrons. The van der Waals surface area contributed by atoms with Crippen LogP contribution in [0.5, 0.6) is 0 Å². The highest BCUT2D eigenvalue weighted by molar-refractivity contribution is 6.33. The quantitative estimate of drug-likeness (QED) is 0.858. The standard InChI is InChI=1S/C16H21ClFN3/c1-4-5-8-21-15(19)14(20-16(21)10(2)3)12-7-6-11(18)9-13(12)17/h6-7,9-10H,4-5,8,19H2,1-3H3. The normalized spacial score (nSPS) is 11.3. The summed E-state index contributed by atoms with van der Waals surface area (Å²) in [5, 5.41) is 0.331. The van der Waals surface area contributed by atoms with Crippen LogP contribution in [0.15, 0.2) is 18.2 Å². The van der Waals surface area contributed by atoms with Crippen molar-refractivity contribution in [1.29, 1.82) is 0 Å². The van der Waals surface area contributed by atoms with Crippen molar-refractivity contribution in [3.05, 3.63) is 34.9 Å². The highest BCUT2D eigenvalue weighted by atomic mass is 35.5. The van der Waals surface area contributed by atoms with Crippen LogP contribution in [0.3, 0.4) is 0 Å². The fraction of sp³-hybridized carbons (Fsp3) is 0.438. The molecule has 0 fully saturated rings. The number of anilines is 1. The van der Waals surface area contributed by atoms with Crippen molar-refractivity contribution >= 4 is 17.4 Å². The summed E-state index contributed by atoms with van der Waals surface area (Å²) in [5.41, 5.74) is 7.58. The Balaban J connectivity index is 2.54. The number of nitrogens with zero attached hydrogens (tertiary/aromatic N) is 2. The van der Waals surface area contributed by atoms with E-state index in [-0.39, 0.29) is 11.7 Å². The van der Waals surface area contributed by atoms with Crippen molar-refractivity contribution < 1.29 is 4.39 Å². The summed E-state index contributed by atoms with van der Waals surface area (Å²) in [5.74, 6) is 1.44. The molecule has 2 rings (SSSR count). The molecule has 2 aromatic rings. The molecule has 1 heterocycles. The predicted molar refractivity (Wildman–Crippen MR) is 86.0 cm³/mol. The second kappa shape index (κ2) is 6.48. The van der Waals surface area contributed by atoms with Gasteiger partial charge in [0, 0.05) is 18.0 Å². The van der Waals surface area contributed by atoms with E-state index in [4.69, 9.17) is 17.3 Å². The van der Waals surface area contributed by atoms with Crippen LogP contribution in [0.1, 0.15) is 45.4 Å². The monoisotopic (exact) mass is 309 g/mol. The van der Waals surface area contributed by atoms with E-state index in [1.54, 1.807) is 6.07 Å². The van der Waals surface area contributed by atoms with Gasteiger partial charge in [0.1, 0.15) is 23.2 Å². The Morgan fingerprint density at radius 3 is 2.67 bits per heavy atom. The third kappa shape index (κ3) is 3.21. The Morgan fingerprint density at radius 1 is 1.38 bits per heavy atom. The minimum Gasteiger partial charge on any atom is -0.383 e. The molecule has 21 heavy (non-hydrogen) atoms. The third-order valence-corrected chi connectivity index (χ3v) is 3.79. The first-order valence-electron chi connectivity index (χ1n) is 7.27. The van der Waals surface area contributed by atoms with Crippen LogP contribution in [0.2, 0.25) is 5.02 Å². The fourth-order valence-electron chi connectivity index (χ4n) is 2.36. The van der Waals surface area contributed by atoms with Crippen LogP contribution in [0.4, 0.5) is 10.2 Å². The number of hydrogen-bond donors (Lipinski definition) is 1. The van der Waals surface area contributed by atoms with Crippen LogP contribution in [0.25, 0.3) is 11.3 Å². The Hall–Kier alpha value is -1.55. The van der Waals surface area contributed by atoms with E-state index in [9.17, 15) is 4.39 Å². The minimum absolute atomic E-state index is 0.261. The SMILES string of the molecule is CCCCn1c(C(C)C)nc(-c2ccc(F)cc2Cl)c1N. The maximum atomic E-state index is 13.2. The number of imidazole rings is 1. The summed E-state index contributed by atoms with van der Waals surface area (Å²) >= 11 is 6.14. The lowest BCUT2D eigenvalue weighted by Gasteiger charge is -2.11. The molecule has 0 aliphatic rings. The zero-order valence-corrected chi connectivity index (χ0v) is 13.4. The third-order valence-electron chi connectivity index (χ3n) is 3.47. The molecule has 1 aromatic heterocycles. The lowest BCUT2D eigenvalue weighted by atomic mass is 10.1. The molecule has 0 aliphatic heterocycles. The minimum atomic E-state index is -0.364. The zero-order chi connectivity index (χ0) is 15.6. The summed E-state index contributed by atoms with van der Waals surface area (Å²) < 4.78 is 15.2. The fourth-order valence-corrected chi connectivity index (χ4v) is 2.61. The lowest BCUT2D eigenvalue weighted by Crippen LogP contribution is -2.08. The summed E-state index contributed by atoms with van der Waals surface area (Å²) in [7, 11) is 0. The molecule has 0 spiro atoms. The van der Waals surface area contributed by atoms with E-state index < -0.39 is 0 Å². The van der Waals surface area contributed by atoms with Gasteiger partial charge in [-0.1, -0.05) is 38.8 Å². The molecular formula is C16H21ClFN3. The van der Waals surface area contributed by atoms with Gasteiger partial charge in [0.05, 0.1) is 5.02 Å². The van der Waals surface area contributed by atoms with Crippen LogP contribution in [-0.4, -0.2) is 9.55 Å². The first kappa shape index (κ1) is 15.8. The summed E-state index contributed by atoms with van der Waals surface area (Å²) in [6, 6.07) is 4.29. The maximum absolute atomic E-state index is 13.2. The van der Waals surface area contributed by atoms with Crippen LogP contribution in [-0.2, 0) is 6.54 Å². The van der Waals surface area contributed by atoms with E-state index in [0.29, 0.717) is 22.1 Å². The number of benzene rings is 1. The van der Waals surface area contributed by atoms with Crippen LogP contribution >= 0.6 is 11.6 Å². The van der Waals surface area contributed by atoms with Crippen molar-refractivity contribution in [3.63, 3.8) is 0 Å². The molecule has 1 aromatic carbocycles. The first-order valence-corrected chi connectivity index (χ1v) is 7.64. The van der Waals surface area contributed by atoms with E-state index in [1.165, 1.54) is 12.1 Å². The van der Waals surface area contributed by atoms with Gasteiger partial charge >= 0.3 is 0 Å². The molecule has 0 aliphatic carbocycles. The Labute approximate surface area is 129 Å². The number of unbranched alkanes of at least 4 members (excludes halogenated alkanes) is 1. The largest absolute Gasteiger partial charge is 0.383 e. The molecule has 0 unspecified atom stereocenters. The van der Waals surface area contributed by atoms with Crippen molar-refractivity contribution in [1.82, 2.24) is 9.55 Å². The molecule has 2 N–H and O–H groups in total. The average Bonchev–Trinajstić information content (AvgIpc) is 2.74. The van der Waals surface area contributed by atoms with Gasteiger partial charge < -0.3 is 10.3 Å². The van der Waals surface area contributed by atoms with Gasteiger partial charge in [-0.25, -0.2) is 9.37 Å². The number of halogens is 2. The molecule has 114 valence electrons. The van der Waals surface area contributed by atoms with Gasteiger partial charge in [-0.3, -0.25) is 0 Å². The Kier molecular flexibility index (Phi) is 4.88. The number of nitrogens with two attached hydrogens (primary N) is 1. The number of rotatable bonds is 5. The van der Waals surface area contributed by atoms with Gasteiger partial charge in [0.25, 0.3) is 0 Å².